The number of amides is 2. The van der Waals surface area contributed by atoms with Gasteiger partial charge < -0.3 is 26.6 Å². The van der Waals surface area contributed by atoms with Gasteiger partial charge in [0.05, 0.1) is 5.69 Å². The lowest BCUT2D eigenvalue weighted by Crippen LogP contribution is -2.51. The Hall–Kier alpha value is -2.86. The molecule has 2 aliphatic rings. The first-order valence-electron chi connectivity index (χ1n) is 13.1. The van der Waals surface area contributed by atoms with Crippen LogP contribution in [0.4, 0.5) is 5.69 Å². The summed E-state index contributed by atoms with van der Waals surface area (Å²) >= 11 is 0. The van der Waals surface area contributed by atoms with Gasteiger partial charge in [0.15, 0.2) is 5.96 Å². The van der Waals surface area contributed by atoms with Crippen molar-refractivity contribution in [2.45, 2.75) is 63.3 Å². The summed E-state index contributed by atoms with van der Waals surface area (Å²) < 4.78 is 29.7. The van der Waals surface area contributed by atoms with Crippen LogP contribution in [0.1, 0.15) is 51.5 Å². The molecule has 0 radical (unpaired) electrons. The van der Waals surface area contributed by atoms with Crippen molar-refractivity contribution in [2.24, 2.45) is 17.6 Å². The number of hydrogen-bond acceptors (Lipinski definition) is 6. The van der Waals surface area contributed by atoms with E-state index in [-0.39, 0.29) is 29.1 Å². The number of sulfonamides is 1. The normalized spacial score (nSPS) is 18.9. The first kappa shape index (κ1) is 28.7. The summed E-state index contributed by atoms with van der Waals surface area (Å²) in [5.41, 5.74) is 6.92. The third-order valence-corrected chi connectivity index (χ3v) is 8.55. The fraction of sp³-hybridized carbons (Fsp3) is 0.640. The molecule has 2 aliphatic heterocycles. The second kappa shape index (κ2) is 13.1. The minimum Gasteiger partial charge on any atom is -0.383 e. The quantitative estimate of drug-likeness (QED) is 0.139. The number of carbonyl (C=O) groups is 2. The Morgan fingerprint density at radius 2 is 1.95 bits per heavy atom. The van der Waals surface area contributed by atoms with Crippen LogP contribution in [0.3, 0.4) is 0 Å². The van der Waals surface area contributed by atoms with Crippen molar-refractivity contribution in [1.29, 1.82) is 5.41 Å². The zero-order valence-electron chi connectivity index (χ0n) is 21.8. The molecule has 0 aromatic heterocycles. The van der Waals surface area contributed by atoms with Crippen LogP contribution in [-0.2, 0) is 26.0 Å². The average Bonchev–Trinajstić information content (AvgIpc) is 2.85. The fourth-order valence-electron chi connectivity index (χ4n) is 5.02. The number of nitrogens with one attached hydrogen (secondary N) is 5. The number of nitrogens with two attached hydrogens (primary N) is 1. The van der Waals surface area contributed by atoms with E-state index in [1.54, 1.807) is 17.0 Å². The van der Waals surface area contributed by atoms with Crippen LogP contribution in [0.25, 0.3) is 0 Å². The van der Waals surface area contributed by atoms with Gasteiger partial charge in [-0.3, -0.25) is 15.0 Å². The highest BCUT2D eigenvalue weighted by Crippen LogP contribution is 2.31. The molecule has 1 aromatic rings. The van der Waals surface area contributed by atoms with Crippen molar-refractivity contribution in [3.63, 3.8) is 0 Å². The monoisotopic (exact) mass is 535 g/mol. The number of anilines is 1. The third-order valence-electron chi connectivity index (χ3n) is 7.03. The number of piperidine rings is 1. The number of fused-ring (bicyclic) bond motifs is 1. The largest absolute Gasteiger partial charge is 0.383 e. The Morgan fingerprint density at radius 3 is 2.62 bits per heavy atom. The number of nitrogens with zero attached hydrogens (tertiary/aromatic N) is 1. The molecule has 0 bridgehead atoms. The first-order valence-corrected chi connectivity index (χ1v) is 14.5. The van der Waals surface area contributed by atoms with Crippen LogP contribution in [0.2, 0.25) is 0 Å². The van der Waals surface area contributed by atoms with Gasteiger partial charge in [-0.15, -0.1) is 0 Å². The van der Waals surface area contributed by atoms with Gasteiger partial charge in [-0.25, -0.2) is 8.42 Å². The van der Waals surface area contributed by atoms with Gasteiger partial charge in [0.25, 0.3) is 0 Å². The van der Waals surface area contributed by atoms with Gasteiger partial charge in [0.1, 0.15) is 10.9 Å². The summed E-state index contributed by atoms with van der Waals surface area (Å²) in [6, 6.07) is 4.33. The second-order valence-corrected chi connectivity index (χ2v) is 11.9. The van der Waals surface area contributed by atoms with E-state index in [0.29, 0.717) is 56.7 Å². The molecule has 11 nitrogen and oxygen atoms in total. The topological polar surface area (TPSA) is 170 Å². The highest BCUT2D eigenvalue weighted by molar-refractivity contribution is 7.89. The first-order chi connectivity index (χ1) is 17.6. The molecule has 0 spiro atoms. The molecular weight excluding hydrogens is 494 g/mol. The molecule has 2 amide bonds. The van der Waals surface area contributed by atoms with Crippen molar-refractivity contribution in [1.82, 2.24) is 20.3 Å². The predicted molar refractivity (Wildman–Crippen MR) is 144 cm³/mol. The van der Waals surface area contributed by atoms with Crippen molar-refractivity contribution >= 4 is 33.5 Å². The average molecular weight is 536 g/mol. The molecule has 0 saturated carbocycles. The summed E-state index contributed by atoms with van der Waals surface area (Å²) in [6.45, 7) is 6.38. The highest BCUT2D eigenvalue weighted by Gasteiger charge is 2.33. The Bertz CT molecular complexity index is 1070. The Balaban J connectivity index is 1.70. The summed E-state index contributed by atoms with van der Waals surface area (Å²) in [5.74, 6) is 0.364. The summed E-state index contributed by atoms with van der Waals surface area (Å²) in [6.07, 6.45) is 4.02. The van der Waals surface area contributed by atoms with Crippen LogP contribution in [0.15, 0.2) is 23.1 Å². The summed E-state index contributed by atoms with van der Waals surface area (Å²) in [7, 11) is -3.97. The van der Waals surface area contributed by atoms with Gasteiger partial charge >= 0.3 is 0 Å². The minimum absolute atomic E-state index is 0.0496. The molecule has 2 atom stereocenters. The van der Waals surface area contributed by atoms with E-state index in [9.17, 15) is 18.0 Å². The maximum absolute atomic E-state index is 13.5. The highest BCUT2D eigenvalue weighted by atomic mass is 32.2. The Labute approximate surface area is 219 Å². The number of para-hydroxylation sites is 1. The third kappa shape index (κ3) is 8.32. The van der Waals surface area contributed by atoms with Crippen LogP contribution in [0.5, 0.6) is 0 Å². The Morgan fingerprint density at radius 1 is 1.22 bits per heavy atom. The number of benzene rings is 1. The molecule has 1 unspecified atom stereocenters. The molecule has 7 N–H and O–H groups in total. The molecule has 1 aromatic carbocycles. The van der Waals surface area contributed by atoms with Crippen LogP contribution in [0, 0.1) is 17.2 Å². The van der Waals surface area contributed by atoms with Gasteiger partial charge in [-0.2, -0.15) is 4.72 Å². The van der Waals surface area contributed by atoms with Crippen LogP contribution >= 0.6 is 0 Å². The van der Waals surface area contributed by atoms with E-state index >= 15 is 0 Å². The summed E-state index contributed by atoms with van der Waals surface area (Å²) in [4.78, 5) is 26.5. The molecule has 12 heteroatoms. The van der Waals surface area contributed by atoms with Crippen molar-refractivity contribution < 1.29 is 18.0 Å². The zero-order chi connectivity index (χ0) is 27.0. The maximum Gasteiger partial charge on any atom is 0.243 e. The molecule has 37 heavy (non-hydrogen) atoms. The number of hydrogen-bond donors (Lipinski definition) is 6. The SMILES string of the molecule is CC(=O)NCCC1CCN(C(=O)C(CCCNC(=N)N)NS(=O)(=O)c2cccc3c2NC[C@@H](C)C3)CC1. The maximum atomic E-state index is 13.5. The molecule has 1 saturated heterocycles. The molecular formula is C25H41N7O4S. The van der Waals surface area contributed by atoms with E-state index in [1.807, 2.05) is 6.07 Å². The van der Waals surface area contributed by atoms with E-state index in [1.165, 1.54) is 6.92 Å². The molecule has 3 rings (SSSR count). The van der Waals surface area contributed by atoms with E-state index in [4.69, 9.17) is 11.1 Å². The number of rotatable bonds is 11. The molecule has 2 heterocycles. The fourth-order valence-corrected chi connectivity index (χ4v) is 6.47. The predicted octanol–water partition coefficient (Wildman–Crippen LogP) is 0.966. The minimum atomic E-state index is -3.97. The van der Waals surface area contributed by atoms with Gasteiger partial charge in [-0.1, -0.05) is 19.1 Å². The van der Waals surface area contributed by atoms with Crippen molar-refractivity contribution in [3.05, 3.63) is 23.8 Å². The van der Waals surface area contributed by atoms with Crippen LogP contribution < -0.4 is 26.4 Å². The lowest BCUT2D eigenvalue weighted by Gasteiger charge is -2.34. The van der Waals surface area contributed by atoms with Gasteiger partial charge in [0.2, 0.25) is 21.8 Å². The smallest absolute Gasteiger partial charge is 0.243 e. The standard InChI is InChI=1S/C25H41N7O4S/c1-17-15-20-5-3-7-22(23(20)30-16-17)37(35,36)31-21(6-4-11-29-25(26)27)24(34)32-13-9-19(10-14-32)8-12-28-18(2)33/h3,5,7,17,19,21,30-31H,4,6,8-16H2,1-2H3,(H,28,33)(H4,26,27,29)/t17-,21?/m0/s1. The number of likely N-dealkylation sites (tertiary alicyclic amines) is 1. The molecule has 206 valence electrons. The number of guanidine groups is 1. The Kier molecular flexibility index (Phi) is 10.2. The zero-order valence-corrected chi connectivity index (χ0v) is 22.6. The summed E-state index contributed by atoms with van der Waals surface area (Å²) in [5, 5.41) is 16.1. The van der Waals surface area contributed by atoms with Gasteiger partial charge in [-0.05, 0) is 62.0 Å². The van der Waals surface area contributed by atoms with Crippen molar-refractivity contribution in [2.75, 3.05) is 38.0 Å². The lowest BCUT2D eigenvalue weighted by molar-refractivity contribution is -0.134. The van der Waals surface area contributed by atoms with Crippen LogP contribution in [-0.4, -0.2) is 69.9 Å². The second-order valence-electron chi connectivity index (χ2n) is 10.2. The molecule has 0 aliphatic carbocycles. The lowest BCUT2D eigenvalue weighted by atomic mass is 9.93. The van der Waals surface area contributed by atoms with E-state index < -0.39 is 16.1 Å². The van der Waals surface area contributed by atoms with Gasteiger partial charge in [0, 0.05) is 39.6 Å². The molecule has 1 fully saturated rings. The number of carbonyl (C=O) groups excluding carboxylic acids is 2. The van der Waals surface area contributed by atoms with Crippen molar-refractivity contribution in [3.8, 4) is 0 Å². The van der Waals surface area contributed by atoms with E-state index in [2.05, 4.69) is 27.6 Å². The van der Waals surface area contributed by atoms with E-state index in [0.717, 1.165) is 31.2 Å².